The predicted octanol–water partition coefficient (Wildman–Crippen LogP) is 4.99. The fraction of sp³-hybridized carbons (Fsp3) is 1.00. The SMILES string of the molecule is CC.CC(C)[C@@H](C)C[C@H](C)C(C)C. The van der Waals surface area contributed by atoms with Gasteiger partial charge in [0, 0.05) is 0 Å². The minimum Gasteiger partial charge on any atom is -0.0683 e. The van der Waals surface area contributed by atoms with Gasteiger partial charge in [-0.2, -0.15) is 0 Å². The molecule has 0 unspecified atom stereocenters. The van der Waals surface area contributed by atoms with Gasteiger partial charge in [-0.05, 0) is 30.1 Å². The Morgan fingerprint density at radius 3 is 1.00 bits per heavy atom. The van der Waals surface area contributed by atoms with E-state index in [9.17, 15) is 0 Å². The minimum atomic E-state index is 0.844. The van der Waals surface area contributed by atoms with E-state index in [0.717, 1.165) is 23.7 Å². The second-order valence-electron chi connectivity index (χ2n) is 4.68. The van der Waals surface area contributed by atoms with Crippen molar-refractivity contribution in [3.05, 3.63) is 0 Å². The maximum atomic E-state index is 2.36. The van der Waals surface area contributed by atoms with E-state index in [1.807, 2.05) is 13.8 Å². The molecular formula is C13H30. The molecule has 2 atom stereocenters. The molecule has 0 amide bonds. The van der Waals surface area contributed by atoms with Crippen LogP contribution in [0.3, 0.4) is 0 Å². The summed E-state index contributed by atoms with van der Waals surface area (Å²) < 4.78 is 0. The molecule has 0 N–H and O–H groups in total. The monoisotopic (exact) mass is 186 g/mol. The van der Waals surface area contributed by atoms with Crippen LogP contribution < -0.4 is 0 Å². The van der Waals surface area contributed by atoms with Crippen molar-refractivity contribution in [2.45, 2.75) is 61.8 Å². The predicted molar refractivity (Wildman–Crippen MR) is 64.0 cm³/mol. The van der Waals surface area contributed by atoms with Crippen molar-refractivity contribution in [1.29, 1.82) is 0 Å². The van der Waals surface area contributed by atoms with E-state index in [1.165, 1.54) is 6.42 Å². The zero-order valence-electron chi connectivity index (χ0n) is 11.0. The summed E-state index contributed by atoms with van der Waals surface area (Å²) in [6.45, 7) is 18.0. The van der Waals surface area contributed by atoms with E-state index >= 15 is 0 Å². The van der Waals surface area contributed by atoms with Crippen LogP contribution in [0.25, 0.3) is 0 Å². The quantitative estimate of drug-likeness (QED) is 0.580. The van der Waals surface area contributed by atoms with Gasteiger partial charge in [0.05, 0.1) is 0 Å². The molecular weight excluding hydrogens is 156 g/mol. The summed E-state index contributed by atoms with van der Waals surface area (Å²) in [7, 11) is 0. The molecule has 0 aromatic carbocycles. The summed E-state index contributed by atoms with van der Waals surface area (Å²) in [4.78, 5) is 0. The molecule has 0 saturated heterocycles. The van der Waals surface area contributed by atoms with Crippen LogP contribution in [-0.2, 0) is 0 Å². The fourth-order valence-electron chi connectivity index (χ4n) is 1.13. The number of hydrogen-bond acceptors (Lipinski definition) is 0. The Kier molecular flexibility index (Phi) is 10.2. The highest BCUT2D eigenvalue weighted by atomic mass is 14.2. The summed E-state index contributed by atoms with van der Waals surface area (Å²) >= 11 is 0. The van der Waals surface area contributed by atoms with Crippen molar-refractivity contribution < 1.29 is 0 Å². The number of hydrogen-bond donors (Lipinski definition) is 0. The van der Waals surface area contributed by atoms with Crippen molar-refractivity contribution in [1.82, 2.24) is 0 Å². The smallest absolute Gasteiger partial charge is 0.0417 e. The molecule has 0 aromatic rings. The van der Waals surface area contributed by atoms with Gasteiger partial charge in [0.1, 0.15) is 0 Å². The van der Waals surface area contributed by atoms with Crippen LogP contribution in [0.5, 0.6) is 0 Å². The third-order valence-corrected chi connectivity index (χ3v) is 3.02. The lowest BCUT2D eigenvalue weighted by Gasteiger charge is -2.22. The Morgan fingerprint density at radius 2 is 0.846 bits per heavy atom. The van der Waals surface area contributed by atoms with Gasteiger partial charge < -0.3 is 0 Å². The lowest BCUT2D eigenvalue weighted by Crippen LogP contribution is -2.12. The average molecular weight is 186 g/mol. The van der Waals surface area contributed by atoms with Gasteiger partial charge in [0.15, 0.2) is 0 Å². The van der Waals surface area contributed by atoms with Crippen LogP contribution in [0.1, 0.15) is 61.8 Å². The summed E-state index contributed by atoms with van der Waals surface area (Å²) in [6, 6.07) is 0. The average Bonchev–Trinajstić information content (AvgIpc) is 2.07. The highest BCUT2D eigenvalue weighted by molar-refractivity contribution is 4.64. The van der Waals surface area contributed by atoms with Gasteiger partial charge in [-0.15, -0.1) is 0 Å². The minimum absolute atomic E-state index is 0.844. The normalized spacial score (nSPS) is 15.2. The van der Waals surface area contributed by atoms with E-state index in [2.05, 4.69) is 41.5 Å². The molecule has 0 bridgehead atoms. The lowest BCUT2D eigenvalue weighted by molar-refractivity contribution is 0.283. The Hall–Kier alpha value is 0. The molecule has 0 radical (unpaired) electrons. The summed E-state index contributed by atoms with van der Waals surface area (Å²) in [5, 5.41) is 0. The Labute approximate surface area is 86.1 Å². The van der Waals surface area contributed by atoms with Crippen LogP contribution in [0.2, 0.25) is 0 Å². The third kappa shape index (κ3) is 8.33. The molecule has 0 fully saturated rings. The van der Waals surface area contributed by atoms with Gasteiger partial charge in [-0.1, -0.05) is 55.4 Å². The van der Waals surface area contributed by atoms with Gasteiger partial charge in [-0.25, -0.2) is 0 Å². The molecule has 0 heterocycles. The van der Waals surface area contributed by atoms with Crippen molar-refractivity contribution >= 4 is 0 Å². The maximum absolute atomic E-state index is 2.36. The first-order valence-electron chi connectivity index (χ1n) is 5.95. The lowest BCUT2D eigenvalue weighted by atomic mass is 9.84. The molecule has 0 spiro atoms. The largest absolute Gasteiger partial charge is 0.0683 e. The first-order chi connectivity index (χ1) is 5.95. The zero-order valence-corrected chi connectivity index (χ0v) is 11.0. The molecule has 0 aliphatic carbocycles. The molecule has 0 nitrogen and oxygen atoms in total. The number of rotatable bonds is 4. The van der Waals surface area contributed by atoms with Gasteiger partial charge in [0.2, 0.25) is 0 Å². The molecule has 0 aromatic heterocycles. The molecule has 0 aliphatic rings. The topological polar surface area (TPSA) is 0 Å². The highest BCUT2D eigenvalue weighted by Gasteiger charge is 2.13. The first-order valence-corrected chi connectivity index (χ1v) is 5.95. The third-order valence-electron chi connectivity index (χ3n) is 3.02. The van der Waals surface area contributed by atoms with Gasteiger partial charge >= 0.3 is 0 Å². The van der Waals surface area contributed by atoms with Crippen molar-refractivity contribution in [3.63, 3.8) is 0 Å². The summed E-state index contributed by atoms with van der Waals surface area (Å²) in [6.07, 6.45) is 1.38. The Morgan fingerprint density at radius 1 is 0.615 bits per heavy atom. The fourth-order valence-corrected chi connectivity index (χ4v) is 1.13. The standard InChI is InChI=1S/C11H24.C2H6/c1-8(2)10(5)7-11(6)9(3)4;1-2/h8-11H,7H2,1-6H3;1-2H3/t10-,11-;/m0./s1. The first kappa shape index (κ1) is 15.5. The van der Waals surface area contributed by atoms with Crippen LogP contribution in [0.4, 0.5) is 0 Å². The second kappa shape index (κ2) is 8.59. The zero-order chi connectivity index (χ0) is 11.0. The van der Waals surface area contributed by atoms with Crippen LogP contribution in [0.15, 0.2) is 0 Å². The Balaban J connectivity index is 0. The molecule has 0 heteroatoms. The molecule has 0 saturated carbocycles. The Bertz CT molecular complexity index is 80.2. The summed E-state index contributed by atoms with van der Waals surface area (Å²) in [5.74, 6) is 3.45. The van der Waals surface area contributed by atoms with Gasteiger partial charge in [-0.3, -0.25) is 0 Å². The van der Waals surface area contributed by atoms with Crippen LogP contribution in [0, 0.1) is 23.7 Å². The maximum Gasteiger partial charge on any atom is -0.0417 e. The van der Waals surface area contributed by atoms with E-state index in [4.69, 9.17) is 0 Å². The van der Waals surface area contributed by atoms with E-state index in [1.54, 1.807) is 0 Å². The van der Waals surface area contributed by atoms with E-state index < -0.39 is 0 Å². The van der Waals surface area contributed by atoms with Crippen molar-refractivity contribution in [2.75, 3.05) is 0 Å². The van der Waals surface area contributed by atoms with E-state index in [0.29, 0.717) is 0 Å². The molecule has 0 aliphatic heterocycles. The van der Waals surface area contributed by atoms with Crippen LogP contribution >= 0.6 is 0 Å². The van der Waals surface area contributed by atoms with E-state index in [-0.39, 0.29) is 0 Å². The molecule has 13 heavy (non-hydrogen) atoms. The highest BCUT2D eigenvalue weighted by Crippen LogP contribution is 2.23. The van der Waals surface area contributed by atoms with Crippen molar-refractivity contribution in [2.24, 2.45) is 23.7 Å². The van der Waals surface area contributed by atoms with Crippen molar-refractivity contribution in [3.8, 4) is 0 Å². The van der Waals surface area contributed by atoms with Crippen LogP contribution in [-0.4, -0.2) is 0 Å². The van der Waals surface area contributed by atoms with Gasteiger partial charge in [0.25, 0.3) is 0 Å². The molecule has 82 valence electrons. The summed E-state index contributed by atoms with van der Waals surface area (Å²) in [5.41, 5.74) is 0. The molecule has 0 rings (SSSR count). The second-order valence-corrected chi connectivity index (χ2v) is 4.68.